The van der Waals surface area contributed by atoms with Crippen molar-refractivity contribution in [3.05, 3.63) is 51.8 Å². The van der Waals surface area contributed by atoms with Gasteiger partial charge in [-0.25, -0.2) is 0 Å². The van der Waals surface area contributed by atoms with E-state index in [0.29, 0.717) is 10.8 Å². The number of aliphatic hydroxyl groups is 1. The Kier molecular flexibility index (Phi) is 4.54. The molecule has 0 radical (unpaired) electrons. The Morgan fingerprint density at radius 3 is 3.00 bits per heavy atom. The van der Waals surface area contributed by atoms with Gasteiger partial charge in [0.2, 0.25) is 0 Å². The zero-order valence-corrected chi connectivity index (χ0v) is 11.1. The maximum absolute atomic E-state index is 10.6. The molecule has 0 amide bonds. The summed E-state index contributed by atoms with van der Waals surface area (Å²) in [6.07, 6.45) is 2.25. The Hall–Kier alpha value is -2.12. The molecule has 0 aliphatic carbocycles. The Balaban J connectivity index is 1.88. The largest absolute Gasteiger partial charge is 0.491 e. The highest BCUT2D eigenvalue weighted by Gasteiger charge is 2.10. The minimum Gasteiger partial charge on any atom is -0.491 e. The van der Waals surface area contributed by atoms with Gasteiger partial charge in [-0.3, -0.25) is 14.8 Å². The molecule has 20 heavy (non-hydrogen) atoms. The van der Waals surface area contributed by atoms with Gasteiger partial charge in [0.25, 0.3) is 5.69 Å². The average molecular weight is 298 g/mol. The number of nitro benzene ring substituents is 1. The maximum Gasteiger partial charge on any atom is 0.273 e. The number of rotatable bonds is 6. The predicted octanol–water partition coefficient (Wildman–Crippen LogP) is 1.88. The molecule has 2 rings (SSSR count). The zero-order valence-electron chi connectivity index (χ0n) is 10.3. The first-order valence-corrected chi connectivity index (χ1v) is 6.15. The standard InChI is InChI=1S/C12H12ClN3O4/c13-9-5-14-15(6-9)7-11(17)8-20-12-3-1-2-10(4-12)16(18)19/h1-6,11,17H,7-8H2/t11-/m0/s1. The van der Waals surface area contributed by atoms with Crippen LogP contribution in [0.4, 0.5) is 5.69 Å². The number of hydrogen-bond acceptors (Lipinski definition) is 5. The summed E-state index contributed by atoms with van der Waals surface area (Å²) < 4.78 is 6.80. The van der Waals surface area contributed by atoms with Crippen LogP contribution in [0.15, 0.2) is 36.7 Å². The molecule has 0 bridgehead atoms. The fourth-order valence-electron chi connectivity index (χ4n) is 1.59. The molecule has 1 aromatic carbocycles. The lowest BCUT2D eigenvalue weighted by Crippen LogP contribution is -2.23. The van der Waals surface area contributed by atoms with Crippen molar-refractivity contribution < 1.29 is 14.8 Å². The van der Waals surface area contributed by atoms with E-state index in [4.69, 9.17) is 16.3 Å². The quantitative estimate of drug-likeness (QED) is 0.649. The van der Waals surface area contributed by atoms with Gasteiger partial charge in [0.1, 0.15) is 18.5 Å². The van der Waals surface area contributed by atoms with Crippen LogP contribution in [-0.2, 0) is 6.54 Å². The van der Waals surface area contributed by atoms with Crippen molar-refractivity contribution >= 4 is 17.3 Å². The molecular weight excluding hydrogens is 286 g/mol. The monoisotopic (exact) mass is 297 g/mol. The normalized spacial score (nSPS) is 12.1. The van der Waals surface area contributed by atoms with Gasteiger partial charge in [-0.1, -0.05) is 17.7 Å². The molecule has 0 spiro atoms. The topological polar surface area (TPSA) is 90.4 Å². The number of non-ortho nitro benzene ring substituents is 1. The molecule has 0 unspecified atom stereocenters. The van der Waals surface area contributed by atoms with Gasteiger partial charge >= 0.3 is 0 Å². The summed E-state index contributed by atoms with van der Waals surface area (Å²) in [7, 11) is 0. The first-order chi connectivity index (χ1) is 9.54. The van der Waals surface area contributed by atoms with Crippen LogP contribution < -0.4 is 4.74 Å². The second kappa shape index (κ2) is 6.36. The Morgan fingerprint density at radius 2 is 2.35 bits per heavy atom. The highest BCUT2D eigenvalue weighted by Crippen LogP contribution is 2.19. The van der Waals surface area contributed by atoms with Crippen LogP contribution in [-0.4, -0.2) is 32.5 Å². The molecule has 7 nitrogen and oxygen atoms in total. The second-order valence-corrected chi connectivity index (χ2v) is 4.54. The molecule has 1 atom stereocenters. The van der Waals surface area contributed by atoms with Crippen molar-refractivity contribution in [2.45, 2.75) is 12.6 Å². The third kappa shape index (κ3) is 3.94. The Morgan fingerprint density at radius 1 is 1.55 bits per heavy atom. The van der Waals surface area contributed by atoms with Gasteiger partial charge in [0, 0.05) is 12.3 Å². The Bertz CT molecular complexity index is 602. The number of halogens is 1. The maximum atomic E-state index is 10.6. The van der Waals surface area contributed by atoms with Gasteiger partial charge in [-0.2, -0.15) is 5.10 Å². The Labute approximate surface area is 119 Å². The zero-order chi connectivity index (χ0) is 14.5. The minimum absolute atomic E-state index is 0.00134. The molecule has 1 heterocycles. The highest BCUT2D eigenvalue weighted by atomic mass is 35.5. The lowest BCUT2D eigenvalue weighted by Gasteiger charge is -2.12. The van der Waals surface area contributed by atoms with Crippen LogP contribution in [0.3, 0.4) is 0 Å². The number of benzene rings is 1. The summed E-state index contributed by atoms with van der Waals surface area (Å²) in [5.41, 5.74) is -0.0594. The molecule has 1 aromatic heterocycles. The van der Waals surface area contributed by atoms with E-state index in [1.54, 1.807) is 12.3 Å². The van der Waals surface area contributed by atoms with Crippen LogP contribution in [0, 0.1) is 10.1 Å². The molecule has 0 aliphatic heterocycles. The van der Waals surface area contributed by atoms with Crippen molar-refractivity contribution in [2.75, 3.05) is 6.61 Å². The minimum atomic E-state index is -0.801. The van der Waals surface area contributed by atoms with Crippen molar-refractivity contribution in [3.63, 3.8) is 0 Å². The van der Waals surface area contributed by atoms with E-state index in [2.05, 4.69) is 5.10 Å². The van der Waals surface area contributed by atoms with Crippen molar-refractivity contribution in [1.82, 2.24) is 9.78 Å². The van der Waals surface area contributed by atoms with E-state index in [9.17, 15) is 15.2 Å². The van der Waals surface area contributed by atoms with E-state index in [-0.39, 0.29) is 18.8 Å². The van der Waals surface area contributed by atoms with Crippen molar-refractivity contribution in [3.8, 4) is 5.75 Å². The fourth-order valence-corrected chi connectivity index (χ4v) is 1.74. The van der Waals surface area contributed by atoms with Gasteiger partial charge in [0.15, 0.2) is 0 Å². The van der Waals surface area contributed by atoms with E-state index >= 15 is 0 Å². The van der Waals surface area contributed by atoms with E-state index in [1.165, 1.54) is 29.1 Å². The third-order valence-electron chi connectivity index (χ3n) is 2.47. The summed E-state index contributed by atoms with van der Waals surface area (Å²) >= 11 is 5.70. The van der Waals surface area contributed by atoms with E-state index < -0.39 is 11.0 Å². The molecule has 0 aliphatic rings. The van der Waals surface area contributed by atoms with E-state index in [0.717, 1.165) is 0 Å². The van der Waals surface area contributed by atoms with Crippen LogP contribution >= 0.6 is 11.6 Å². The van der Waals surface area contributed by atoms with Crippen molar-refractivity contribution in [1.29, 1.82) is 0 Å². The predicted molar refractivity (Wildman–Crippen MR) is 71.8 cm³/mol. The first kappa shape index (κ1) is 14.3. The molecule has 8 heteroatoms. The van der Waals surface area contributed by atoms with Gasteiger partial charge < -0.3 is 9.84 Å². The smallest absolute Gasteiger partial charge is 0.273 e. The average Bonchev–Trinajstić information content (AvgIpc) is 2.82. The summed E-state index contributed by atoms with van der Waals surface area (Å²) in [5, 5.41) is 24.8. The molecule has 1 N–H and O–H groups in total. The molecule has 0 saturated heterocycles. The molecule has 0 saturated carbocycles. The van der Waals surface area contributed by atoms with Gasteiger partial charge in [-0.05, 0) is 6.07 Å². The SMILES string of the molecule is O=[N+]([O-])c1cccc(OC[C@@H](O)Cn2cc(Cl)cn2)c1. The number of aromatic nitrogens is 2. The van der Waals surface area contributed by atoms with Crippen LogP contribution in [0.5, 0.6) is 5.75 Å². The lowest BCUT2D eigenvalue weighted by atomic mass is 10.3. The van der Waals surface area contributed by atoms with Gasteiger partial charge in [-0.15, -0.1) is 0 Å². The van der Waals surface area contributed by atoms with Crippen LogP contribution in [0.25, 0.3) is 0 Å². The number of hydrogen-bond donors (Lipinski definition) is 1. The summed E-state index contributed by atoms with van der Waals surface area (Å²) in [6, 6.07) is 5.78. The molecule has 2 aromatic rings. The number of aliphatic hydroxyl groups excluding tert-OH is 1. The number of nitrogens with zero attached hydrogens (tertiary/aromatic N) is 3. The molecular formula is C12H12ClN3O4. The summed E-state index contributed by atoms with van der Waals surface area (Å²) in [6.45, 7) is 0.223. The molecule has 0 fully saturated rings. The molecule has 106 valence electrons. The van der Waals surface area contributed by atoms with Crippen molar-refractivity contribution in [2.24, 2.45) is 0 Å². The summed E-state index contributed by atoms with van der Waals surface area (Å²) in [4.78, 5) is 10.1. The van der Waals surface area contributed by atoms with Crippen LogP contribution in [0.1, 0.15) is 0 Å². The van der Waals surface area contributed by atoms with Crippen LogP contribution in [0.2, 0.25) is 5.02 Å². The lowest BCUT2D eigenvalue weighted by molar-refractivity contribution is -0.384. The van der Waals surface area contributed by atoms with Gasteiger partial charge in [0.05, 0.1) is 28.8 Å². The number of ether oxygens (including phenoxy) is 1. The number of nitro groups is 1. The second-order valence-electron chi connectivity index (χ2n) is 4.10. The third-order valence-corrected chi connectivity index (χ3v) is 2.67. The fraction of sp³-hybridized carbons (Fsp3) is 0.250. The highest BCUT2D eigenvalue weighted by molar-refractivity contribution is 6.30. The first-order valence-electron chi connectivity index (χ1n) is 5.78. The summed E-state index contributed by atoms with van der Waals surface area (Å²) in [5.74, 6) is 0.330. The van der Waals surface area contributed by atoms with E-state index in [1.807, 2.05) is 0 Å².